The van der Waals surface area contributed by atoms with Crippen LogP contribution in [-0.4, -0.2) is 72.2 Å². The fraction of sp³-hybridized carbons (Fsp3) is 0.500. The summed E-state index contributed by atoms with van der Waals surface area (Å²) < 4.78 is 64.9. The molecule has 31 heavy (non-hydrogen) atoms. The summed E-state index contributed by atoms with van der Waals surface area (Å²) in [6, 6.07) is 3.24. The molecule has 2 N–H and O–H groups in total. The summed E-state index contributed by atoms with van der Waals surface area (Å²) in [4.78, 5) is 19.9. The number of nitrogens with one attached hydrogen (secondary N) is 2. The van der Waals surface area contributed by atoms with E-state index in [1.54, 1.807) is 9.80 Å². The third-order valence-electron chi connectivity index (χ3n) is 5.56. The van der Waals surface area contributed by atoms with E-state index >= 15 is 0 Å². The van der Waals surface area contributed by atoms with Gasteiger partial charge in [-0.25, -0.2) is 22.9 Å². The second kappa shape index (κ2) is 8.11. The third kappa shape index (κ3) is 4.66. The van der Waals surface area contributed by atoms with Gasteiger partial charge in [-0.3, -0.25) is 5.10 Å². The lowest BCUT2D eigenvalue weighted by molar-refractivity contribution is -0.137. The van der Waals surface area contributed by atoms with E-state index in [1.807, 2.05) is 0 Å². The molecule has 0 saturated carbocycles. The number of H-pyrrole nitrogens is 1. The van der Waals surface area contributed by atoms with Gasteiger partial charge in [0.1, 0.15) is 12.2 Å². The zero-order valence-electron chi connectivity index (χ0n) is 16.3. The summed E-state index contributed by atoms with van der Waals surface area (Å²) in [6.45, 7) is 2.10. The summed E-state index contributed by atoms with van der Waals surface area (Å²) in [7, 11) is -3.93. The second-order valence-corrected chi connectivity index (χ2v) is 9.50. The number of nitrogens with zero attached hydrogens (tertiary/aromatic N) is 4. The monoisotopic (exact) mass is 458 g/mol. The van der Waals surface area contributed by atoms with Crippen molar-refractivity contribution in [2.45, 2.75) is 23.4 Å². The third-order valence-corrected chi connectivity index (χ3v) is 7.00. The summed E-state index contributed by atoms with van der Waals surface area (Å²) in [5.74, 6) is 0.828. The van der Waals surface area contributed by atoms with E-state index < -0.39 is 21.8 Å². The van der Waals surface area contributed by atoms with Crippen LogP contribution in [0.4, 0.5) is 18.0 Å². The number of carbonyl (C=O) groups is 1. The van der Waals surface area contributed by atoms with Gasteiger partial charge in [-0.15, -0.1) is 0 Å². The van der Waals surface area contributed by atoms with E-state index in [4.69, 9.17) is 0 Å². The highest BCUT2D eigenvalue weighted by molar-refractivity contribution is 7.89. The molecule has 2 saturated heterocycles. The first-order chi connectivity index (χ1) is 14.6. The Kier molecular flexibility index (Phi) is 5.64. The van der Waals surface area contributed by atoms with Gasteiger partial charge < -0.3 is 9.80 Å². The van der Waals surface area contributed by atoms with Crippen molar-refractivity contribution in [3.05, 3.63) is 42.0 Å². The molecular weight excluding hydrogens is 437 g/mol. The molecule has 0 spiro atoms. The molecule has 2 amide bonds. The molecule has 4 rings (SSSR count). The normalized spacial score (nSPS) is 20.2. The van der Waals surface area contributed by atoms with Gasteiger partial charge in [0.05, 0.1) is 10.5 Å². The van der Waals surface area contributed by atoms with Crippen LogP contribution >= 0.6 is 0 Å². The minimum absolute atomic E-state index is 0.0548. The summed E-state index contributed by atoms with van der Waals surface area (Å²) in [6.07, 6.45) is -2.29. The van der Waals surface area contributed by atoms with Crippen LogP contribution in [0.2, 0.25) is 0 Å². The first-order valence-electron chi connectivity index (χ1n) is 9.69. The highest BCUT2D eigenvalue weighted by Gasteiger charge is 2.37. The number of halogens is 3. The molecule has 0 radical (unpaired) electrons. The molecule has 0 aliphatic carbocycles. The molecule has 2 aliphatic heterocycles. The van der Waals surface area contributed by atoms with Gasteiger partial charge in [-0.1, -0.05) is 0 Å². The Balaban J connectivity index is 1.24. The fourth-order valence-corrected chi connectivity index (χ4v) is 4.87. The van der Waals surface area contributed by atoms with Gasteiger partial charge >= 0.3 is 12.2 Å². The van der Waals surface area contributed by atoms with E-state index in [0.717, 1.165) is 36.5 Å². The predicted molar refractivity (Wildman–Crippen MR) is 102 cm³/mol. The van der Waals surface area contributed by atoms with Gasteiger partial charge in [0, 0.05) is 44.6 Å². The molecule has 1 aromatic heterocycles. The van der Waals surface area contributed by atoms with Crippen molar-refractivity contribution < 1.29 is 26.4 Å². The first-order valence-corrected chi connectivity index (χ1v) is 11.2. The Labute approximate surface area is 176 Å². The average Bonchev–Trinajstić information content (AvgIpc) is 3.37. The van der Waals surface area contributed by atoms with Crippen LogP contribution in [0.3, 0.4) is 0 Å². The maximum absolute atomic E-state index is 12.6. The molecule has 13 heteroatoms. The lowest BCUT2D eigenvalue weighted by atomic mass is 10.0. The number of carbonyl (C=O) groups excluding carboxylic acids is 1. The van der Waals surface area contributed by atoms with Crippen LogP contribution in [0.5, 0.6) is 0 Å². The lowest BCUT2D eigenvalue weighted by Gasteiger charge is -2.41. The number of amides is 2. The lowest BCUT2D eigenvalue weighted by Crippen LogP contribution is -2.57. The largest absolute Gasteiger partial charge is 0.416 e. The molecular formula is C18H21F3N6O3S. The van der Waals surface area contributed by atoms with Gasteiger partial charge in [0.25, 0.3) is 0 Å². The molecule has 1 atom stereocenters. The Morgan fingerprint density at radius 2 is 1.87 bits per heavy atom. The summed E-state index contributed by atoms with van der Waals surface area (Å²) in [5.41, 5.74) is -0.910. The van der Waals surface area contributed by atoms with Crippen molar-refractivity contribution in [2.24, 2.45) is 5.92 Å². The Hall–Kier alpha value is -2.67. The predicted octanol–water partition coefficient (Wildman–Crippen LogP) is 1.64. The SMILES string of the molecule is O=C(N1CC(CNS(=O)(=O)c2ccc(C(F)(F)F)cc2)C1)N1CC[C@H](c2ncn[nH]2)C1. The number of alkyl halides is 3. The number of benzene rings is 1. The maximum atomic E-state index is 12.6. The number of aromatic nitrogens is 3. The van der Waals surface area contributed by atoms with E-state index in [9.17, 15) is 26.4 Å². The Morgan fingerprint density at radius 1 is 1.16 bits per heavy atom. The van der Waals surface area contributed by atoms with E-state index in [2.05, 4.69) is 19.9 Å². The average molecular weight is 458 g/mol. The van der Waals surface area contributed by atoms with Gasteiger partial charge in [-0.05, 0) is 30.7 Å². The molecule has 0 unspecified atom stereocenters. The highest BCUT2D eigenvalue weighted by atomic mass is 32.2. The number of aromatic amines is 1. The van der Waals surface area contributed by atoms with Crippen LogP contribution in [-0.2, 0) is 16.2 Å². The summed E-state index contributed by atoms with van der Waals surface area (Å²) >= 11 is 0. The van der Waals surface area contributed by atoms with E-state index in [-0.39, 0.29) is 29.3 Å². The van der Waals surface area contributed by atoms with Crippen LogP contribution in [0.25, 0.3) is 0 Å². The number of hydrogen-bond acceptors (Lipinski definition) is 5. The van der Waals surface area contributed by atoms with Crippen molar-refractivity contribution in [1.29, 1.82) is 0 Å². The molecule has 2 aliphatic rings. The topological polar surface area (TPSA) is 111 Å². The standard InChI is InChI=1S/C18H21F3N6O3S/c19-18(20,21)14-1-3-15(4-2-14)31(29,30)24-7-12-8-27(9-12)17(28)26-6-5-13(10-26)16-22-11-23-25-16/h1-4,11-13,24H,5-10H2,(H,22,23,25)/t13-/m0/s1. The fourth-order valence-electron chi connectivity index (χ4n) is 3.76. The van der Waals surface area contributed by atoms with E-state index in [0.29, 0.717) is 26.2 Å². The zero-order chi connectivity index (χ0) is 22.2. The van der Waals surface area contributed by atoms with Crippen molar-refractivity contribution in [3.63, 3.8) is 0 Å². The number of urea groups is 1. The molecule has 0 bridgehead atoms. The van der Waals surface area contributed by atoms with Crippen molar-refractivity contribution >= 4 is 16.1 Å². The number of hydrogen-bond donors (Lipinski definition) is 2. The molecule has 9 nitrogen and oxygen atoms in total. The first kappa shape index (κ1) is 21.6. The van der Waals surface area contributed by atoms with Crippen molar-refractivity contribution in [3.8, 4) is 0 Å². The maximum Gasteiger partial charge on any atom is 0.416 e. The van der Waals surface area contributed by atoms with Crippen molar-refractivity contribution in [1.82, 2.24) is 29.7 Å². The molecule has 1 aromatic carbocycles. The number of likely N-dealkylation sites (tertiary alicyclic amines) is 2. The quantitative estimate of drug-likeness (QED) is 0.708. The summed E-state index contributed by atoms with van der Waals surface area (Å²) in [5, 5.41) is 6.65. The minimum atomic E-state index is -4.53. The second-order valence-electron chi connectivity index (χ2n) is 7.73. The minimum Gasteiger partial charge on any atom is -0.324 e. The van der Waals surface area contributed by atoms with Crippen LogP contribution in [0, 0.1) is 5.92 Å². The van der Waals surface area contributed by atoms with Crippen LogP contribution in [0.15, 0.2) is 35.5 Å². The Bertz CT molecular complexity index is 1020. The Morgan fingerprint density at radius 3 is 2.48 bits per heavy atom. The van der Waals surface area contributed by atoms with Crippen LogP contribution in [0.1, 0.15) is 23.7 Å². The highest BCUT2D eigenvalue weighted by Crippen LogP contribution is 2.30. The molecule has 2 fully saturated rings. The van der Waals surface area contributed by atoms with Gasteiger partial charge in [0.2, 0.25) is 10.0 Å². The van der Waals surface area contributed by atoms with Gasteiger partial charge in [-0.2, -0.15) is 18.3 Å². The molecule has 168 valence electrons. The molecule has 3 heterocycles. The smallest absolute Gasteiger partial charge is 0.324 e. The number of rotatable bonds is 5. The van der Waals surface area contributed by atoms with Crippen LogP contribution < -0.4 is 4.72 Å². The van der Waals surface area contributed by atoms with Gasteiger partial charge in [0.15, 0.2) is 0 Å². The zero-order valence-corrected chi connectivity index (χ0v) is 17.2. The van der Waals surface area contributed by atoms with Crippen molar-refractivity contribution in [2.75, 3.05) is 32.7 Å². The number of sulfonamides is 1. The molecule has 2 aromatic rings. The van der Waals surface area contributed by atoms with E-state index in [1.165, 1.54) is 6.33 Å².